The van der Waals surface area contributed by atoms with E-state index in [2.05, 4.69) is 16.0 Å². The van der Waals surface area contributed by atoms with E-state index in [1.165, 1.54) is 0 Å². The van der Waals surface area contributed by atoms with Crippen LogP contribution in [0.2, 0.25) is 5.02 Å². The first-order chi connectivity index (χ1) is 15.2. The highest BCUT2D eigenvalue weighted by Gasteiger charge is 2.32. The number of urea groups is 1. The van der Waals surface area contributed by atoms with Gasteiger partial charge in [-0.1, -0.05) is 31.9 Å². The molecule has 3 N–H and O–H groups in total. The largest absolute Gasteiger partial charge is 0.463 e. The van der Waals surface area contributed by atoms with E-state index in [4.69, 9.17) is 21.1 Å². The van der Waals surface area contributed by atoms with E-state index in [0.717, 1.165) is 0 Å². The first-order valence-electron chi connectivity index (χ1n) is 10.4. The Labute approximate surface area is 191 Å². The van der Waals surface area contributed by atoms with Crippen molar-refractivity contribution in [2.45, 2.75) is 46.2 Å². The molecular formula is C22H28ClN3O6. The molecule has 9 nitrogen and oxygen atoms in total. The number of rotatable bonds is 9. The second kappa shape index (κ2) is 11.5. The van der Waals surface area contributed by atoms with Gasteiger partial charge in [-0.2, -0.15) is 0 Å². The average Bonchev–Trinajstić information content (AvgIpc) is 2.75. The topological polar surface area (TPSA) is 123 Å². The molecule has 3 amide bonds. The second-order valence-electron chi connectivity index (χ2n) is 7.38. The monoisotopic (exact) mass is 465 g/mol. The van der Waals surface area contributed by atoms with Gasteiger partial charge >= 0.3 is 18.0 Å². The molecule has 1 aliphatic rings. The van der Waals surface area contributed by atoms with E-state index < -0.39 is 36.0 Å². The number of benzene rings is 1. The van der Waals surface area contributed by atoms with Gasteiger partial charge in [-0.05, 0) is 44.0 Å². The Morgan fingerprint density at radius 1 is 1.16 bits per heavy atom. The third-order valence-electron chi connectivity index (χ3n) is 5.08. The molecule has 0 saturated carbocycles. The molecule has 0 saturated heterocycles. The predicted molar refractivity (Wildman–Crippen MR) is 118 cm³/mol. The molecule has 3 unspecified atom stereocenters. The number of halogens is 1. The zero-order chi connectivity index (χ0) is 23.8. The zero-order valence-electron chi connectivity index (χ0n) is 18.5. The summed E-state index contributed by atoms with van der Waals surface area (Å²) in [5, 5.41) is 8.25. The van der Waals surface area contributed by atoms with Crippen molar-refractivity contribution >= 4 is 35.5 Å². The van der Waals surface area contributed by atoms with Crippen LogP contribution in [-0.2, 0) is 19.1 Å². The van der Waals surface area contributed by atoms with Crippen molar-refractivity contribution in [3.8, 4) is 0 Å². The molecule has 1 heterocycles. The highest BCUT2D eigenvalue weighted by Crippen LogP contribution is 2.17. The van der Waals surface area contributed by atoms with Crippen LogP contribution in [0.1, 0.15) is 44.5 Å². The molecule has 0 aliphatic carbocycles. The van der Waals surface area contributed by atoms with Gasteiger partial charge in [-0.25, -0.2) is 14.4 Å². The van der Waals surface area contributed by atoms with Crippen LogP contribution in [-0.4, -0.2) is 49.2 Å². The van der Waals surface area contributed by atoms with E-state index in [-0.39, 0.29) is 30.4 Å². The third-order valence-corrected chi connectivity index (χ3v) is 5.34. The Kier molecular flexibility index (Phi) is 9.07. The third kappa shape index (κ3) is 6.46. The van der Waals surface area contributed by atoms with E-state index in [0.29, 0.717) is 17.0 Å². The second-order valence-corrected chi connectivity index (χ2v) is 7.82. The van der Waals surface area contributed by atoms with Crippen LogP contribution >= 0.6 is 11.6 Å². The highest BCUT2D eigenvalue weighted by atomic mass is 35.5. The van der Waals surface area contributed by atoms with Crippen molar-refractivity contribution in [3.05, 3.63) is 46.1 Å². The first-order valence-corrected chi connectivity index (χ1v) is 10.8. The SMILES string of the molecule is CCOC(=O)C1=C(COC(=O)C(NC(=O)c2ccc(Cl)cc2)C(C)CC)NC(=O)NC1C. The molecule has 0 spiro atoms. The normalized spacial score (nSPS) is 17.5. The lowest BCUT2D eigenvalue weighted by Gasteiger charge is -2.27. The number of hydrogen-bond donors (Lipinski definition) is 3. The number of nitrogens with one attached hydrogen (secondary N) is 3. The van der Waals surface area contributed by atoms with Crippen molar-refractivity contribution < 1.29 is 28.7 Å². The Morgan fingerprint density at radius 3 is 2.41 bits per heavy atom. The van der Waals surface area contributed by atoms with Crippen molar-refractivity contribution in [2.75, 3.05) is 13.2 Å². The summed E-state index contributed by atoms with van der Waals surface area (Å²) < 4.78 is 10.4. The van der Waals surface area contributed by atoms with Gasteiger partial charge in [0.1, 0.15) is 12.6 Å². The summed E-state index contributed by atoms with van der Waals surface area (Å²) in [5.74, 6) is -1.97. The summed E-state index contributed by atoms with van der Waals surface area (Å²) in [6.07, 6.45) is 0.606. The van der Waals surface area contributed by atoms with E-state index in [9.17, 15) is 19.2 Å². The molecule has 1 aliphatic heterocycles. The lowest BCUT2D eigenvalue weighted by Crippen LogP contribution is -2.51. The summed E-state index contributed by atoms with van der Waals surface area (Å²) in [7, 11) is 0. The van der Waals surface area contributed by atoms with E-state index >= 15 is 0 Å². The van der Waals surface area contributed by atoms with Gasteiger partial charge in [0.2, 0.25) is 0 Å². The molecule has 174 valence electrons. The fourth-order valence-electron chi connectivity index (χ4n) is 3.12. The number of hydrogen-bond acceptors (Lipinski definition) is 6. The van der Waals surface area contributed by atoms with Gasteiger partial charge in [0.25, 0.3) is 5.91 Å². The van der Waals surface area contributed by atoms with Crippen molar-refractivity contribution in [1.29, 1.82) is 0 Å². The van der Waals surface area contributed by atoms with Crippen LogP contribution in [0.4, 0.5) is 4.79 Å². The number of carbonyl (C=O) groups is 4. The molecule has 0 fully saturated rings. The Balaban J connectivity index is 2.16. The average molecular weight is 466 g/mol. The van der Waals surface area contributed by atoms with Crippen LogP contribution in [0.25, 0.3) is 0 Å². The summed E-state index contributed by atoms with van der Waals surface area (Å²) >= 11 is 5.86. The Hall–Kier alpha value is -3.07. The molecular weight excluding hydrogens is 438 g/mol. The van der Waals surface area contributed by atoms with Gasteiger partial charge in [-0.15, -0.1) is 0 Å². The molecule has 0 aromatic heterocycles. The van der Waals surface area contributed by atoms with Gasteiger partial charge in [0.15, 0.2) is 0 Å². The molecule has 10 heteroatoms. The summed E-state index contributed by atoms with van der Waals surface area (Å²) in [6.45, 7) is 6.79. The summed E-state index contributed by atoms with van der Waals surface area (Å²) in [6, 6.07) is 4.20. The lowest BCUT2D eigenvalue weighted by atomic mass is 9.98. The quantitative estimate of drug-likeness (QED) is 0.481. The maximum Gasteiger partial charge on any atom is 0.338 e. The maximum absolute atomic E-state index is 12.8. The fraction of sp³-hybridized carbons (Fsp3) is 0.455. The van der Waals surface area contributed by atoms with Crippen molar-refractivity contribution in [2.24, 2.45) is 5.92 Å². The Bertz CT molecular complexity index is 899. The minimum Gasteiger partial charge on any atom is -0.463 e. The fourth-order valence-corrected chi connectivity index (χ4v) is 3.25. The van der Waals surface area contributed by atoms with Crippen LogP contribution in [0.15, 0.2) is 35.5 Å². The van der Waals surface area contributed by atoms with E-state index in [1.807, 2.05) is 13.8 Å². The molecule has 1 aromatic carbocycles. The minimum atomic E-state index is -0.926. The van der Waals surface area contributed by atoms with Crippen LogP contribution < -0.4 is 16.0 Å². The lowest BCUT2D eigenvalue weighted by molar-refractivity contribution is -0.147. The van der Waals surface area contributed by atoms with Crippen molar-refractivity contribution in [1.82, 2.24) is 16.0 Å². The Morgan fingerprint density at radius 2 is 1.81 bits per heavy atom. The molecule has 0 radical (unpaired) electrons. The number of esters is 2. The van der Waals surface area contributed by atoms with Gasteiger partial charge in [-0.3, -0.25) is 4.79 Å². The van der Waals surface area contributed by atoms with Crippen LogP contribution in [0.5, 0.6) is 0 Å². The maximum atomic E-state index is 12.8. The number of amides is 3. The van der Waals surface area contributed by atoms with Crippen LogP contribution in [0, 0.1) is 5.92 Å². The van der Waals surface area contributed by atoms with Gasteiger partial charge < -0.3 is 25.4 Å². The number of ether oxygens (including phenoxy) is 2. The zero-order valence-corrected chi connectivity index (χ0v) is 19.2. The smallest absolute Gasteiger partial charge is 0.338 e. The molecule has 32 heavy (non-hydrogen) atoms. The highest BCUT2D eigenvalue weighted by molar-refractivity contribution is 6.30. The predicted octanol–water partition coefficient (Wildman–Crippen LogP) is 2.55. The summed E-state index contributed by atoms with van der Waals surface area (Å²) in [5.41, 5.74) is 0.659. The molecule has 3 atom stereocenters. The first kappa shape index (κ1) is 25.2. The molecule has 1 aromatic rings. The van der Waals surface area contributed by atoms with E-state index in [1.54, 1.807) is 38.1 Å². The summed E-state index contributed by atoms with van der Waals surface area (Å²) in [4.78, 5) is 49.6. The van der Waals surface area contributed by atoms with Gasteiger partial charge in [0, 0.05) is 10.6 Å². The standard InChI is InChI=1S/C22H28ClN3O6/c1-5-12(3)18(26-19(27)14-7-9-15(23)10-8-14)21(29)32-11-16-17(20(28)31-6-2)13(4)24-22(30)25-16/h7-10,12-13,18H,5-6,11H2,1-4H3,(H,26,27)(H2,24,25,30). The van der Waals surface area contributed by atoms with Crippen molar-refractivity contribution in [3.63, 3.8) is 0 Å². The van der Waals surface area contributed by atoms with Gasteiger partial charge in [0.05, 0.1) is 23.9 Å². The van der Waals surface area contributed by atoms with Crippen LogP contribution in [0.3, 0.4) is 0 Å². The molecule has 0 bridgehead atoms. The molecule has 2 rings (SSSR count). The number of carbonyl (C=O) groups excluding carboxylic acids is 4. The minimum absolute atomic E-state index is 0.139.